The van der Waals surface area contributed by atoms with E-state index in [0.717, 1.165) is 11.5 Å². The van der Waals surface area contributed by atoms with Gasteiger partial charge in [-0.25, -0.2) is 0 Å². The first-order chi connectivity index (χ1) is 18.9. The Bertz CT molecular complexity index is 1830. The van der Waals surface area contributed by atoms with Crippen molar-refractivity contribution in [2.24, 2.45) is 0 Å². The number of benzene rings is 6. The molecule has 0 aliphatic carbocycles. The highest BCUT2D eigenvalue weighted by molar-refractivity contribution is 5.97. The second-order valence-corrected chi connectivity index (χ2v) is 10.1. The van der Waals surface area contributed by atoms with Crippen LogP contribution >= 0.6 is 0 Å². The Morgan fingerprint density at radius 3 is 2.08 bits per heavy atom. The lowest BCUT2D eigenvalue weighted by molar-refractivity contribution is 0.478. The van der Waals surface area contributed by atoms with E-state index in [9.17, 15) is 0 Å². The van der Waals surface area contributed by atoms with Crippen LogP contribution in [0.25, 0.3) is 21.9 Å². The maximum absolute atomic E-state index is 6.55. The predicted molar refractivity (Wildman–Crippen MR) is 156 cm³/mol. The van der Waals surface area contributed by atoms with Gasteiger partial charge in [-0.2, -0.15) is 0 Å². The zero-order chi connectivity index (χ0) is 25.1. The molecule has 38 heavy (non-hydrogen) atoms. The Labute approximate surface area is 222 Å². The minimum absolute atomic E-state index is 0.0787. The summed E-state index contributed by atoms with van der Waals surface area (Å²) in [5.74, 6) is 2.02. The van der Waals surface area contributed by atoms with Crippen molar-refractivity contribution in [2.45, 2.75) is 12.0 Å². The lowest BCUT2D eigenvalue weighted by Crippen LogP contribution is -2.22. The third-order valence-electron chi connectivity index (χ3n) is 8.06. The van der Waals surface area contributed by atoms with Gasteiger partial charge in [0.05, 0.1) is 6.04 Å². The molecule has 0 spiro atoms. The molecule has 180 valence electrons. The van der Waals surface area contributed by atoms with Crippen molar-refractivity contribution in [2.75, 3.05) is 4.90 Å². The number of hydrogen-bond donors (Lipinski definition) is 0. The van der Waals surface area contributed by atoms with E-state index in [2.05, 4.69) is 144 Å². The molecule has 2 nitrogen and oxygen atoms in total. The van der Waals surface area contributed by atoms with Crippen LogP contribution in [0, 0.1) is 0 Å². The van der Waals surface area contributed by atoms with Gasteiger partial charge in [0, 0.05) is 28.4 Å². The fourth-order valence-corrected chi connectivity index (χ4v) is 6.46. The van der Waals surface area contributed by atoms with Gasteiger partial charge in [-0.05, 0) is 57.8 Å². The van der Waals surface area contributed by atoms with Gasteiger partial charge < -0.3 is 9.64 Å². The molecule has 0 amide bonds. The summed E-state index contributed by atoms with van der Waals surface area (Å²) in [4.78, 5) is 2.53. The molecular weight excluding hydrogens is 462 g/mol. The summed E-state index contributed by atoms with van der Waals surface area (Å²) in [7, 11) is 0. The van der Waals surface area contributed by atoms with Crippen LogP contribution in [0.2, 0.25) is 0 Å². The number of nitrogens with zero attached hydrogens (tertiary/aromatic N) is 1. The molecule has 0 bridgehead atoms. The van der Waals surface area contributed by atoms with Crippen LogP contribution in [0.1, 0.15) is 28.7 Å². The molecule has 0 aromatic heterocycles. The molecule has 0 radical (unpaired) electrons. The van der Waals surface area contributed by atoms with Crippen LogP contribution in [-0.2, 0) is 0 Å². The number of ether oxygens (including phenoxy) is 1. The molecule has 2 aliphatic rings. The summed E-state index contributed by atoms with van der Waals surface area (Å²) in [6.07, 6.45) is 0. The molecule has 6 aromatic rings. The highest BCUT2D eigenvalue weighted by Crippen LogP contribution is 2.59. The first kappa shape index (κ1) is 21.3. The Balaban J connectivity index is 1.37. The van der Waals surface area contributed by atoms with Crippen molar-refractivity contribution in [3.63, 3.8) is 0 Å². The lowest BCUT2D eigenvalue weighted by atomic mass is 9.84. The van der Waals surface area contributed by atoms with Gasteiger partial charge >= 0.3 is 0 Å². The zero-order valence-corrected chi connectivity index (χ0v) is 20.8. The molecule has 2 atom stereocenters. The van der Waals surface area contributed by atoms with Crippen LogP contribution in [0.5, 0.6) is 11.5 Å². The maximum atomic E-state index is 6.55. The molecule has 0 saturated carbocycles. The second kappa shape index (κ2) is 8.36. The minimum atomic E-state index is 0.0787. The van der Waals surface area contributed by atoms with Gasteiger partial charge in [0.1, 0.15) is 11.5 Å². The third kappa shape index (κ3) is 3.13. The summed E-state index contributed by atoms with van der Waals surface area (Å²) in [5.41, 5.74) is 8.69. The number of rotatable bonds is 2. The van der Waals surface area contributed by atoms with E-state index in [4.69, 9.17) is 4.74 Å². The summed E-state index contributed by atoms with van der Waals surface area (Å²) >= 11 is 0. The molecule has 2 aliphatic heterocycles. The Morgan fingerprint density at radius 2 is 1.18 bits per heavy atom. The zero-order valence-electron chi connectivity index (χ0n) is 20.8. The van der Waals surface area contributed by atoms with Crippen molar-refractivity contribution in [1.82, 2.24) is 0 Å². The van der Waals surface area contributed by atoms with E-state index in [-0.39, 0.29) is 12.0 Å². The van der Waals surface area contributed by atoms with E-state index in [0.29, 0.717) is 0 Å². The highest BCUT2D eigenvalue weighted by atomic mass is 16.5. The number of hydrogen-bond acceptors (Lipinski definition) is 2. The summed E-state index contributed by atoms with van der Waals surface area (Å²) in [6.45, 7) is 0. The average molecular weight is 488 g/mol. The maximum Gasteiger partial charge on any atom is 0.132 e. The van der Waals surface area contributed by atoms with Gasteiger partial charge in [0.2, 0.25) is 0 Å². The predicted octanol–water partition coefficient (Wildman–Crippen LogP) is 9.64. The quantitative estimate of drug-likeness (QED) is 0.241. The Hall–Kier alpha value is -4.82. The van der Waals surface area contributed by atoms with Crippen LogP contribution in [0.4, 0.5) is 11.4 Å². The molecule has 2 unspecified atom stereocenters. The van der Waals surface area contributed by atoms with E-state index in [1.807, 2.05) is 0 Å². The molecule has 8 rings (SSSR count). The number of anilines is 2. The second-order valence-electron chi connectivity index (χ2n) is 10.1. The summed E-state index contributed by atoms with van der Waals surface area (Å²) < 4.78 is 6.55. The summed E-state index contributed by atoms with van der Waals surface area (Å²) in [6, 6.07) is 50.2. The first-order valence-electron chi connectivity index (χ1n) is 13.2. The first-order valence-corrected chi connectivity index (χ1v) is 13.2. The number of fused-ring (bicyclic) bond motifs is 8. The van der Waals surface area contributed by atoms with Crippen molar-refractivity contribution in [1.29, 1.82) is 0 Å². The molecule has 2 heteroatoms. The van der Waals surface area contributed by atoms with E-state index in [1.165, 1.54) is 50.0 Å². The summed E-state index contributed by atoms with van der Waals surface area (Å²) in [5, 5.41) is 2.53. The molecular formula is C36H25NO. The number of para-hydroxylation sites is 3. The molecule has 0 N–H and O–H groups in total. The standard InChI is InChI=1S/C36H25NO/c1-2-15-27-24(11-1)12-10-19-28(27)25-13-9-14-26(23-25)37-32-20-6-3-16-29(32)35-30-17-4-7-21-33(30)38-34-22-8-5-18-31(34)36(35)37/h1-23,35-36H. The fourth-order valence-electron chi connectivity index (χ4n) is 6.46. The van der Waals surface area contributed by atoms with Crippen molar-refractivity contribution in [3.05, 3.63) is 156 Å². The topological polar surface area (TPSA) is 12.5 Å². The Morgan fingerprint density at radius 1 is 0.526 bits per heavy atom. The minimum Gasteiger partial charge on any atom is -0.457 e. The van der Waals surface area contributed by atoms with Crippen LogP contribution in [0.15, 0.2) is 140 Å². The van der Waals surface area contributed by atoms with Crippen LogP contribution in [-0.4, -0.2) is 0 Å². The van der Waals surface area contributed by atoms with Crippen LogP contribution < -0.4 is 9.64 Å². The lowest BCUT2D eigenvalue weighted by Gasteiger charge is -2.31. The normalized spacial score (nSPS) is 17.1. The van der Waals surface area contributed by atoms with Gasteiger partial charge in [-0.1, -0.05) is 109 Å². The van der Waals surface area contributed by atoms with E-state index in [1.54, 1.807) is 0 Å². The molecule has 2 heterocycles. The van der Waals surface area contributed by atoms with Crippen LogP contribution in [0.3, 0.4) is 0 Å². The van der Waals surface area contributed by atoms with E-state index < -0.39 is 0 Å². The average Bonchev–Trinajstić information content (AvgIpc) is 3.24. The van der Waals surface area contributed by atoms with Crippen molar-refractivity contribution in [3.8, 4) is 22.6 Å². The SMILES string of the molecule is c1cc(-c2cccc3ccccc23)cc(N2c3ccccc3C3c4ccccc4Oc4ccccc4C32)c1. The molecule has 0 saturated heterocycles. The van der Waals surface area contributed by atoms with Crippen molar-refractivity contribution >= 4 is 22.1 Å². The van der Waals surface area contributed by atoms with E-state index >= 15 is 0 Å². The van der Waals surface area contributed by atoms with Gasteiger partial charge in [-0.15, -0.1) is 0 Å². The molecule has 0 fully saturated rings. The molecule has 6 aromatic carbocycles. The van der Waals surface area contributed by atoms with Crippen molar-refractivity contribution < 1.29 is 4.74 Å². The van der Waals surface area contributed by atoms with Gasteiger partial charge in [-0.3, -0.25) is 0 Å². The largest absolute Gasteiger partial charge is 0.457 e. The monoisotopic (exact) mass is 487 g/mol. The smallest absolute Gasteiger partial charge is 0.132 e. The van der Waals surface area contributed by atoms with Gasteiger partial charge in [0.25, 0.3) is 0 Å². The fraction of sp³-hybridized carbons (Fsp3) is 0.0556. The Kier molecular flexibility index (Phi) is 4.68. The highest BCUT2D eigenvalue weighted by Gasteiger charge is 2.44. The third-order valence-corrected chi connectivity index (χ3v) is 8.06. The van der Waals surface area contributed by atoms with Gasteiger partial charge in [0.15, 0.2) is 0 Å².